The Hall–Kier alpha value is -1.85. The lowest BCUT2D eigenvalue weighted by atomic mass is 10.1. The zero-order valence-corrected chi connectivity index (χ0v) is 15.6. The quantitative estimate of drug-likeness (QED) is 0.849. The summed E-state index contributed by atoms with van der Waals surface area (Å²) in [4.78, 5) is 20.7. The van der Waals surface area contributed by atoms with Crippen molar-refractivity contribution in [2.75, 3.05) is 45.9 Å². The lowest BCUT2D eigenvalue weighted by Crippen LogP contribution is -2.36. The van der Waals surface area contributed by atoms with Crippen LogP contribution in [0.3, 0.4) is 0 Å². The number of fused-ring (bicyclic) bond motifs is 1. The second-order valence-electron chi connectivity index (χ2n) is 6.82. The Kier molecular flexibility index (Phi) is 5.76. The van der Waals surface area contributed by atoms with E-state index in [0.717, 1.165) is 68.8 Å². The second kappa shape index (κ2) is 8.02. The van der Waals surface area contributed by atoms with Gasteiger partial charge in [0.25, 0.3) is 5.91 Å². The van der Waals surface area contributed by atoms with Crippen LogP contribution in [0.15, 0.2) is 18.2 Å². The number of carbonyl (C=O) groups is 1. The van der Waals surface area contributed by atoms with Crippen molar-refractivity contribution in [3.8, 4) is 0 Å². The molecule has 25 heavy (non-hydrogen) atoms. The maximum Gasteiger partial charge on any atom is 0.253 e. The summed E-state index contributed by atoms with van der Waals surface area (Å²) >= 11 is 0. The van der Waals surface area contributed by atoms with E-state index in [2.05, 4.69) is 23.7 Å². The lowest BCUT2D eigenvalue weighted by molar-refractivity contribution is 0.0757. The third-order valence-corrected chi connectivity index (χ3v) is 5.19. The fraction of sp³-hybridized carbons (Fsp3) is 0.550. The highest BCUT2D eigenvalue weighted by atomic mass is 16.5. The van der Waals surface area contributed by atoms with Gasteiger partial charge in [-0.3, -0.25) is 9.69 Å². The predicted octanol–water partition coefficient (Wildman–Crippen LogP) is 2.97. The van der Waals surface area contributed by atoms with E-state index in [-0.39, 0.29) is 5.91 Å². The largest absolute Gasteiger partial charge is 0.380 e. The number of benzene rings is 1. The van der Waals surface area contributed by atoms with E-state index in [9.17, 15) is 4.79 Å². The number of aromatic nitrogens is 1. The molecule has 1 aromatic carbocycles. The molecule has 1 N–H and O–H groups in total. The molecule has 0 radical (unpaired) electrons. The van der Waals surface area contributed by atoms with Gasteiger partial charge in [-0.25, -0.2) is 0 Å². The average molecular weight is 343 g/mol. The standard InChI is InChI=1S/C20H29N3O2/c1-4-25-13-12-22-8-5-9-23(11-10-22)20(24)17-6-7-19-18(14-17)15(2)16(3)21-19/h6-7,14,21H,4-5,8-13H2,1-3H3. The summed E-state index contributed by atoms with van der Waals surface area (Å²) in [5, 5.41) is 1.15. The summed E-state index contributed by atoms with van der Waals surface area (Å²) in [6.07, 6.45) is 1.02. The molecule has 3 rings (SSSR count). The van der Waals surface area contributed by atoms with Gasteiger partial charge in [0.1, 0.15) is 0 Å². The van der Waals surface area contributed by atoms with Crippen molar-refractivity contribution in [2.24, 2.45) is 0 Å². The van der Waals surface area contributed by atoms with Crippen molar-refractivity contribution < 1.29 is 9.53 Å². The van der Waals surface area contributed by atoms with Crippen LogP contribution in [-0.2, 0) is 4.74 Å². The monoisotopic (exact) mass is 343 g/mol. The first-order valence-electron chi connectivity index (χ1n) is 9.28. The third-order valence-electron chi connectivity index (χ3n) is 5.19. The molecule has 5 nitrogen and oxygen atoms in total. The number of rotatable bonds is 5. The average Bonchev–Trinajstić information content (AvgIpc) is 2.79. The minimum atomic E-state index is 0.145. The predicted molar refractivity (Wildman–Crippen MR) is 101 cm³/mol. The number of hydrogen-bond donors (Lipinski definition) is 1. The summed E-state index contributed by atoms with van der Waals surface area (Å²) in [6, 6.07) is 6.00. The molecule has 0 atom stereocenters. The van der Waals surface area contributed by atoms with Gasteiger partial charge in [0.2, 0.25) is 0 Å². The molecule has 1 amide bonds. The van der Waals surface area contributed by atoms with Crippen LogP contribution in [0.2, 0.25) is 0 Å². The Labute approximate surface area is 149 Å². The maximum absolute atomic E-state index is 13.0. The van der Waals surface area contributed by atoms with E-state index in [1.807, 2.05) is 30.0 Å². The maximum atomic E-state index is 13.0. The van der Waals surface area contributed by atoms with Gasteiger partial charge in [0.15, 0.2) is 0 Å². The summed E-state index contributed by atoms with van der Waals surface area (Å²) in [7, 11) is 0. The van der Waals surface area contributed by atoms with Gasteiger partial charge in [-0.2, -0.15) is 0 Å². The molecule has 0 bridgehead atoms. The number of aromatic amines is 1. The Morgan fingerprint density at radius 2 is 2.04 bits per heavy atom. The fourth-order valence-electron chi connectivity index (χ4n) is 3.51. The summed E-state index contributed by atoms with van der Waals surface area (Å²) in [5.74, 6) is 0.145. The molecule has 1 aliphatic rings. The van der Waals surface area contributed by atoms with E-state index in [1.54, 1.807) is 0 Å². The van der Waals surface area contributed by atoms with Gasteiger partial charge in [0.05, 0.1) is 6.61 Å². The van der Waals surface area contributed by atoms with Gasteiger partial charge in [-0.1, -0.05) is 0 Å². The smallest absolute Gasteiger partial charge is 0.253 e. The van der Waals surface area contributed by atoms with Crippen LogP contribution in [0, 0.1) is 13.8 Å². The summed E-state index contributed by atoms with van der Waals surface area (Å²) in [6.45, 7) is 12.2. The van der Waals surface area contributed by atoms with Crippen LogP contribution in [-0.4, -0.2) is 66.6 Å². The van der Waals surface area contributed by atoms with Crippen molar-refractivity contribution in [3.05, 3.63) is 35.0 Å². The molecule has 1 fully saturated rings. The van der Waals surface area contributed by atoms with Crippen LogP contribution in [0.5, 0.6) is 0 Å². The Balaban J connectivity index is 1.67. The highest BCUT2D eigenvalue weighted by Gasteiger charge is 2.20. The van der Waals surface area contributed by atoms with Crippen LogP contribution in [0.1, 0.15) is 35.0 Å². The first-order chi connectivity index (χ1) is 12.1. The topological polar surface area (TPSA) is 48.6 Å². The number of carbonyl (C=O) groups excluding carboxylic acids is 1. The number of nitrogens with zero attached hydrogens (tertiary/aromatic N) is 2. The van der Waals surface area contributed by atoms with E-state index < -0.39 is 0 Å². The van der Waals surface area contributed by atoms with Crippen LogP contribution in [0.25, 0.3) is 10.9 Å². The van der Waals surface area contributed by atoms with E-state index in [4.69, 9.17) is 4.74 Å². The normalized spacial score (nSPS) is 16.4. The molecular formula is C20H29N3O2. The first-order valence-corrected chi connectivity index (χ1v) is 9.28. The minimum absolute atomic E-state index is 0.145. The van der Waals surface area contributed by atoms with Crippen molar-refractivity contribution >= 4 is 16.8 Å². The summed E-state index contributed by atoms with van der Waals surface area (Å²) < 4.78 is 5.45. The Morgan fingerprint density at radius 1 is 1.20 bits per heavy atom. The lowest BCUT2D eigenvalue weighted by Gasteiger charge is -2.22. The van der Waals surface area contributed by atoms with Gasteiger partial charge >= 0.3 is 0 Å². The second-order valence-corrected chi connectivity index (χ2v) is 6.82. The van der Waals surface area contributed by atoms with Crippen molar-refractivity contribution in [1.29, 1.82) is 0 Å². The van der Waals surface area contributed by atoms with Gasteiger partial charge < -0.3 is 14.6 Å². The van der Waals surface area contributed by atoms with Gasteiger partial charge in [-0.15, -0.1) is 0 Å². The first kappa shape index (κ1) is 18.0. The molecule has 0 saturated carbocycles. The molecular weight excluding hydrogens is 314 g/mol. The zero-order valence-electron chi connectivity index (χ0n) is 15.6. The van der Waals surface area contributed by atoms with Gasteiger partial charge in [-0.05, 0) is 57.5 Å². The molecule has 0 aliphatic carbocycles. The highest BCUT2D eigenvalue weighted by Crippen LogP contribution is 2.23. The van der Waals surface area contributed by atoms with Crippen LogP contribution in [0.4, 0.5) is 0 Å². The molecule has 2 heterocycles. The number of amides is 1. The number of H-pyrrole nitrogens is 1. The molecule has 5 heteroatoms. The van der Waals surface area contributed by atoms with E-state index in [1.165, 1.54) is 11.3 Å². The SMILES string of the molecule is CCOCCN1CCCN(C(=O)c2ccc3[nH]c(C)c(C)c3c2)CC1. The van der Waals surface area contributed by atoms with Crippen molar-refractivity contribution in [1.82, 2.24) is 14.8 Å². The van der Waals surface area contributed by atoms with Gasteiger partial charge in [0, 0.05) is 54.9 Å². The van der Waals surface area contributed by atoms with Crippen molar-refractivity contribution in [2.45, 2.75) is 27.2 Å². The van der Waals surface area contributed by atoms with Crippen LogP contribution < -0.4 is 0 Å². The number of hydrogen-bond acceptors (Lipinski definition) is 3. The molecule has 2 aromatic rings. The zero-order chi connectivity index (χ0) is 17.8. The summed E-state index contributed by atoms with van der Waals surface area (Å²) in [5.41, 5.74) is 4.28. The molecule has 1 saturated heterocycles. The number of ether oxygens (including phenoxy) is 1. The van der Waals surface area contributed by atoms with Crippen molar-refractivity contribution in [3.63, 3.8) is 0 Å². The molecule has 0 spiro atoms. The van der Waals surface area contributed by atoms with Crippen LogP contribution >= 0.6 is 0 Å². The third kappa shape index (κ3) is 4.05. The minimum Gasteiger partial charge on any atom is -0.380 e. The fourth-order valence-corrected chi connectivity index (χ4v) is 3.51. The number of nitrogens with one attached hydrogen (secondary N) is 1. The highest BCUT2D eigenvalue weighted by molar-refractivity contribution is 5.99. The molecule has 136 valence electrons. The molecule has 1 aliphatic heterocycles. The Morgan fingerprint density at radius 3 is 2.84 bits per heavy atom. The number of aryl methyl sites for hydroxylation is 2. The van der Waals surface area contributed by atoms with E-state index in [0.29, 0.717) is 0 Å². The Bertz CT molecular complexity index is 738. The van der Waals surface area contributed by atoms with E-state index >= 15 is 0 Å². The molecule has 1 aromatic heterocycles. The molecule has 0 unspecified atom stereocenters.